The Balaban J connectivity index is 3.38. The van der Waals surface area contributed by atoms with E-state index in [0.717, 1.165) is 12.8 Å². The first-order valence-electron chi connectivity index (χ1n) is 3.65. The number of hydrogen-bond acceptors (Lipinski definition) is 2. The molecular formula is C7H15BrO2. The summed E-state index contributed by atoms with van der Waals surface area (Å²) in [6.45, 7) is 2.13. The van der Waals surface area contributed by atoms with Gasteiger partial charge in [0.1, 0.15) is 0 Å². The number of hydrogen-bond donors (Lipinski definition) is 2. The number of rotatable bonds is 5. The van der Waals surface area contributed by atoms with Crippen LogP contribution >= 0.6 is 15.9 Å². The van der Waals surface area contributed by atoms with Crippen molar-refractivity contribution in [2.24, 2.45) is 0 Å². The zero-order chi connectivity index (χ0) is 7.98. The maximum absolute atomic E-state index is 9.24. The highest BCUT2D eigenvalue weighted by molar-refractivity contribution is 9.09. The van der Waals surface area contributed by atoms with E-state index in [1.54, 1.807) is 0 Å². The molecular weight excluding hydrogens is 196 g/mol. The van der Waals surface area contributed by atoms with Crippen molar-refractivity contribution in [1.82, 2.24) is 0 Å². The van der Waals surface area contributed by atoms with E-state index < -0.39 is 6.10 Å². The van der Waals surface area contributed by atoms with E-state index in [-0.39, 0.29) is 11.4 Å². The Morgan fingerprint density at radius 2 is 2.00 bits per heavy atom. The minimum atomic E-state index is -0.398. The van der Waals surface area contributed by atoms with Gasteiger partial charge in [-0.3, -0.25) is 0 Å². The molecule has 0 fully saturated rings. The molecule has 3 heteroatoms. The first-order chi connectivity index (χ1) is 4.72. The van der Waals surface area contributed by atoms with Gasteiger partial charge in [-0.15, -0.1) is 0 Å². The van der Waals surface area contributed by atoms with Crippen LogP contribution in [0.1, 0.15) is 26.2 Å². The quantitative estimate of drug-likeness (QED) is 0.672. The minimum Gasteiger partial charge on any atom is -0.396 e. The zero-order valence-corrected chi connectivity index (χ0v) is 7.84. The molecule has 2 N–H and O–H groups in total. The molecule has 0 heterocycles. The van der Waals surface area contributed by atoms with Crippen molar-refractivity contribution in [2.45, 2.75) is 37.1 Å². The van der Waals surface area contributed by atoms with Crippen LogP contribution in [0.25, 0.3) is 0 Å². The topological polar surface area (TPSA) is 40.5 Å². The second-order valence-electron chi connectivity index (χ2n) is 2.38. The van der Waals surface area contributed by atoms with Crippen molar-refractivity contribution >= 4 is 15.9 Å². The molecule has 0 aliphatic heterocycles. The summed E-state index contributed by atoms with van der Waals surface area (Å²) in [5, 5.41) is 17.7. The number of halogens is 1. The Morgan fingerprint density at radius 1 is 1.40 bits per heavy atom. The van der Waals surface area contributed by atoms with E-state index >= 15 is 0 Å². The van der Waals surface area contributed by atoms with Crippen molar-refractivity contribution in [3.63, 3.8) is 0 Å². The molecule has 0 spiro atoms. The van der Waals surface area contributed by atoms with Gasteiger partial charge in [0.25, 0.3) is 0 Å². The molecule has 2 atom stereocenters. The highest BCUT2D eigenvalue weighted by atomic mass is 79.9. The van der Waals surface area contributed by atoms with Crippen LogP contribution in [0.2, 0.25) is 0 Å². The highest BCUT2D eigenvalue weighted by Gasteiger charge is 2.13. The van der Waals surface area contributed by atoms with Gasteiger partial charge in [-0.25, -0.2) is 0 Å². The standard InChI is InChI=1S/C7H15BrO2/c1-2-3-6(8)7(10)4-5-9/h6-7,9-10H,2-5H2,1H3. The Kier molecular flexibility index (Phi) is 6.38. The van der Waals surface area contributed by atoms with Crippen molar-refractivity contribution in [2.75, 3.05) is 6.61 Å². The molecule has 0 aliphatic carbocycles. The van der Waals surface area contributed by atoms with E-state index in [9.17, 15) is 5.11 Å². The summed E-state index contributed by atoms with van der Waals surface area (Å²) in [6.07, 6.45) is 2.08. The molecule has 0 amide bonds. The van der Waals surface area contributed by atoms with E-state index in [0.29, 0.717) is 6.42 Å². The van der Waals surface area contributed by atoms with Crippen LogP contribution in [0, 0.1) is 0 Å². The van der Waals surface area contributed by atoms with Crippen LogP contribution in [-0.4, -0.2) is 27.8 Å². The Morgan fingerprint density at radius 3 is 2.40 bits per heavy atom. The molecule has 0 aromatic carbocycles. The van der Waals surface area contributed by atoms with Gasteiger partial charge < -0.3 is 10.2 Å². The molecule has 0 bridgehead atoms. The van der Waals surface area contributed by atoms with Crippen LogP contribution in [0.15, 0.2) is 0 Å². The van der Waals surface area contributed by atoms with Crippen LogP contribution in [-0.2, 0) is 0 Å². The summed E-state index contributed by atoms with van der Waals surface area (Å²) in [6, 6.07) is 0. The Labute approximate surface area is 70.4 Å². The van der Waals surface area contributed by atoms with E-state index in [4.69, 9.17) is 5.11 Å². The summed E-state index contributed by atoms with van der Waals surface area (Å²) in [4.78, 5) is 0.143. The SMILES string of the molecule is CCCC(Br)C(O)CCO. The van der Waals surface area contributed by atoms with Gasteiger partial charge in [-0.2, -0.15) is 0 Å². The van der Waals surface area contributed by atoms with Crippen molar-refractivity contribution in [3.05, 3.63) is 0 Å². The predicted octanol–water partition coefficient (Wildman–Crippen LogP) is 1.29. The van der Waals surface area contributed by atoms with E-state index in [2.05, 4.69) is 22.9 Å². The third-order valence-corrected chi connectivity index (χ3v) is 2.47. The Hall–Kier alpha value is 0.400. The fourth-order valence-corrected chi connectivity index (χ4v) is 1.50. The zero-order valence-electron chi connectivity index (χ0n) is 6.26. The molecule has 62 valence electrons. The van der Waals surface area contributed by atoms with E-state index in [1.165, 1.54) is 0 Å². The van der Waals surface area contributed by atoms with Crippen LogP contribution in [0.4, 0.5) is 0 Å². The van der Waals surface area contributed by atoms with Crippen molar-refractivity contribution < 1.29 is 10.2 Å². The molecule has 0 saturated heterocycles. The summed E-state index contributed by atoms with van der Waals surface area (Å²) in [5.41, 5.74) is 0. The average molecular weight is 211 g/mol. The number of aliphatic hydroxyl groups excluding tert-OH is 2. The molecule has 0 radical (unpaired) electrons. The van der Waals surface area contributed by atoms with Crippen molar-refractivity contribution in [3.8, 4) is 0 Å². The summed E-state index contributed by atoms with van der Waals surface area (Å²) in [7, 11) is 0. The van der Waals surface area contributed by atoms with Gasteiger partial charge in [0.15, 0.2) is 0 Å². The lowest BCUT2D eigenvalue weighted by Gasteiger charge is -2.14. The van der Waals surface area contributed by atoms with Crippen LogP contribution in [0.5, 0.6) is 0 Å². The lowest BCUT2D eigenvalue weighted by Crippen LogP contribution is -2.21. The van der Waals surface area contributed by atoms with Crippen LogP contribution in [0.3, 0.4) is 0 Å². The lowest BCUT2D eigenvalue weighted by atomic mass is 10.1. The van der Waals surface area contributed by atoms with Gasteiger partial charge in [-0.1, -0.05) is 29.3 Å². The maximum Gasteiger partial charge on any atom is 0.0687 e. The summed E-state index contributed by atoms with van der Waals surface area (Å²) < 4.78 is 0. The molecule has 0 aromatic heterocycles. The fourth-order valence-electron chi connectivity index (χ4n) is 0.781. The molecule has 2 unspecified atom stereocenters. The summed E-state index contributed by atoms with van der Waals surface area (Å²) >= 11 is 3.34. The molecule has 0 aromatic rings. The van der Waals surface area contributed by atoms with Crippen LogP contribution < -0.4 is 0 Å². The molecule has 2 nitrogen and oxygen atoms in total. The predicted molar refractivity (Wildman–Crippen MR) is 45.3 cm³/mol. The van der Waals surface area contributed by atoms with E-state index in [1.807, 2.05) is 0 Å². The third kappa shape index (κ3) is 4.25. The summed E-state index contributed by atoms with van der Waals surface area (Å²) in [5.74, 6) is 0. The normalized spacial score (nSPS) is 16.8. The largest absolute Gasteiger partial charge is 0.396 e. The highest BCUT2D eigenvalue weighted by Crippen LogP contribution is 2.14. The second-order valence-corrected chi connectivity index (χ2v) is 3.56. The molecule has 10 heavy (non-hydrogen) atoms. The lowest BCUT2D eigenvalue weighted by molar-refractivity contribution is 0.129. The third-order valence-electron chi connectivity index (χ3n) is 1.41. The van der Waals surface area contributed by atoms with Gasteiger partial charge in [0.05, 0.1) is 6.10 Å². The smallest absolute Gasteiger partial charge is 0.0687 e. The molecule has 0 rings (SSSR count). The Bertz CT molecular complexity index is 68.0. The van der Waals surface area contributed by atoms with Crippen molar-refractivity contribution in [1.29, 1.82) is 0 Å². The monoisotopic (exact) mass is 210 g/mol. The molecule has 0 saturated carbocycles. The maximum atomic E-state index is 9.24. The number of alkyl halides is 1. The second kappa shape index (κ2) is 6.13. The average Bonchev–Trinajstić information content (AvgIpc) is 1.89. The molecule has 0 aliphatic rings. The van der Waals surface area contributed by atoms with Gasteiger partial charge in [0.2, 0.25) is 0 Å². The first kappa shape index (κ1) is 10.4. The van der Waals surface area contributed by atoms with Gasteiger partial charge in [-0.05, 0) is 12.8 Å². The van der Waals surface area contributed by atoms with Gasteiger partial charge in [0, 0.05) is 11.4 Å². The minimum absolute atomic E-state index is 0.0625. The first-order valence-corrected chi connectivity index (χ1v) is 4.57. The number of aliphatic hydroxyl groups is 2. The fraction of sp³-hybridized carbons (Fsp3) is 1.00. The van der Waals surface area contributed by atoms with Gasteiger partial charge >= 0.3 is 0 Å².